The van der Waals surface area contributed by atoms with Gasteiger partial charge in [0.25, 0.3) is 0 Å². The molecular weight excluding hydrogens is 224 g/mol. The van der Waals surface area contributed by atoms with Crippen molar-refractivity contribution >= 4 is 11.8 Å². The lowest BCUT2D eigenvalue weighted by molar-refractivity contribution is 0.708. The van der Waals surface area contributed by atoms with Crippen LogP contribution in [0.4, 0.5) is 11.8 Å². The molecule has 1 aliphatic carbocycles. The van der Waals surface area contributed by atoms with E-state index in [0.29, 0.717) is 0 Å². The monoisotopic (exact) mass is 248 g/mol. The molecule has 4 heteroatoms. The van der Waals surface area contributed by atoms with Crippen molar-refractivity contribution in [1.82, 2.24) is 9.97 Å². The summed E-state index contributed by atoms with van der Waals surface area (Å²) in [5, 5.41) is 3.47. The molecule has 1 aliphatic rings. The van der Waals surface area contributed by atoms with Crippen LogP contribution in [0.25, 0.3) is 0 Å². The molecule has 0 spiro atoms. The number of aromatic nitrogens is 2. The second kappa shape index (κ2) is 6.03. The Morgan fingerprint density at radius 2 is 1.89 bits per heavy atom. The van der Waals surface area contributed by atoms with Crippen LogP contribution in [0.3, 0.4) is 0 Å². The predicted molar refractivity (Wildman–Crippen MR) is 76.4 cm³/mol. The number of anilines is 2. The van der Waals surface area contributed by atoms with Crippen molar-refractivity contribution in [3.05, 3.63) is 11.3 Å². The van der Waals surface area contributed by atoms with Crippen molar-refractivity contribution in [3.63, 3.8) is 0 Å². The summed E-state index contributed by atoms with van der Waals surface area (Å²) < 4.78 is 0. The molecule has 1 N–H and O–H groups in total. The predicted octanol–water partition coefficient (Wildman–Crippen LogP) is 2.63. The van der Waals surface area contributed by atoms with Gasteiger partial charge in [-0.15, -0.1) is 0 Å². The zero-order valence-corrected chi connectivity index (χ0v) is 11.8. The normalized spacial score (nSPS) is 14.8. The molecule has 2 rings (SSSR count). The third-order valence-electron chi connectivity index (χ3n) is 3.36. The van der Waals surface area contributed by atoms with Crippen LogP contribution in [0.1, 0.15) is 43.9 Å². The van der Waals surface area contributed by atoms with E-state index in [1.165, 1.54) is 30.5 Å². The van der Waals surface area contributed by atoms with Gasteiger partial charge in [-0.3, -0.25) is 0 Å². The Kier molecular flexibility index (Phi) is 4.39. The summed E-state index contributed by atoms with van der Waals surface area (Å²) in [5.74, 6) is 1.89. The summed E-state index contributed by atoms with van der Waals surface area (Å²) in [5.41, 5.74) is 2.61. The Labute approximate surface area is 110 Å². The van der Waals surface area contributed by atoms with Crippen LogP contribution in [0.2, 0.25) is 0 Å². The van der Waals surface area contributed by atoms with Gasteiger partial charge in [0.15, 0.2) is 0 Å². The van der Waals surface area contributed by atoms with Gasteiger partial charge in [0, 0.05) is 26.2 Å². The maximum absolute atomic E-state index is 4.72. The molecule has 1 aromatic rings. The van der Waals surface area contributed by atoms with Crippen molar-refractivity contribution in [1.29, 1.82) is 0 Å². The van der Waals surface area contributed by atoms with Gasteiger partial charge in [-0.05, 0) is 32.1 Å². The first-order valence-corrected chi connectivity index (χ1v) is 7.03. The van der Waals surface area contributed by atoms with Crippen molar-refractivity contribution < 1.29 is 0 Å². The summed E-state index contributed by atoms with van der Waals surface area (Å²) in [6.07, 6.45) is 7.16. The second-order valence-corrected chi connectivity index (χ2v) is 5.18. The minimum atomic E-state index is 0.828. The number of hydrogen-bond donors (Lipinski definition) is 1. The van der Waals surface area contributed by atoms with Crippen molar-refractivity contribution in [2.75, 3.05) is 30.9 Å². The lowest BCUT2D eigenvalue weighted by atomic mass is 10.1. The Morgan fingerprint density at radius 1 is 1.11 bits per heavy atom. The zero-order chi connectivity index (χ0) is 13.0. The van der Waals surface area contributed by atoms with Crippen LogP contribution in [-0.2, 0) is 12.8 Å². The molecule has 0 saturated heterocycles. The van der Waals surface area contributed by atoms with E-state index in [4.69, 9.17) is 4.98 Å². The Bertz CT molecular complexity index is 401. The summed E-state index contributed by atoms with van der Waals surface area (Å²) in [4.78, 5) is 11.4. The highest BCUT2D eigenvalue weighted by molar-refractivity contribution is 5.51. The molecule has 0 saturated carbocycles. The SMILES string of the molecule is CCCNc1nc(N(C)C)nc2c1CCCCC2. The van der Waals surface area contributed by atoms with E-state index in [1.807, 2.05) is 19.0 Å². The smallest absolute Gasteiger partial charge is 0.227 e. The highest BCUT2D eigenvalue weighted by Crippen LogP contribution is 2.26. The molecule has 1 aromatic heterocycles. The van der Waals surface area contributed by atoms with E-state index in [-0.39, 0.29) is 0 Å². The van der Waals surface area contributed by atoms with Gasteiger partial charge in [-0.1, -0.05) is 13.3 Å². The molecule has 0 bridgehead atoms. The van der Waals surface area contributed by atoms with Gasteiger partial charge < -0.3 is 10.2 Å². The average Bonchev–Trinajstić information content (AvgIpc) is 2.60. The van der Waals surface area contributed by atoms with Crippen LogP contribution in [0, 0.1) is 0 Å². The Morgan fingerprint density at radius 3 is 2.61 bits per heavy atom. The van der Waals surface area contributed by atoms with Gasteiger partial charge in [-0.25, -0.2) is 4.98 Å². The molecule has 0 aliphatic heterocycles. The van der Waals surface area contributed by atoms with Gasteiger partial charge in [0.1, 0.15) is 5.82 Å². The first-order chi connectivity index (χ1) is 8.72. The minimum Gasteiger partial charge on any atom is -0.370 e. The van der Waals surface area contributed by atoms with Crippen LogP contribution in [0.5, 0.6) is 0 Å². The fourth-order valence-corrected chi connectivity index (χ4v) is 2.35. The number of nitrogens with one attached hydrogen (secondary N) is 1. The summed E-state index contributed by atoms with van der Waals surface area (Å²) >= 11 is 0. The largest absolute Gasteiger partial charge is 0.370 e. The molecule has 18 heavy (non-hydrogen) atoms. The third kappa shape index (κ3) is 2.92. The maximum Gasteiger partial charge on any atom is 0.227 e. The number of fused-ring (bicyclic) bond motifs is 1. The Hall–Kier alpha value is -1.32. The van der Waals surface area contributed by atoms with Crippen LogP contribution in [0.15, 0.2) is 0 Å². The van der Waals surface area contributed by atoms with Crippen molar-refractivity contribution in [2.45, 2.75) is 45.4 Å². The molecular formula is C14H24N4. The summed E-state index contributed by atoms with van der Waals surface area (Å²) in [6.45, 7) is 3.16. The molecule has 0 radical (unpaired) electrons. The second-order valence-electron chi connectivity index (χ2n) is 5.18. The van der Waals surface area contributed by atoms with Gasteiger partial charge in [0.2, 0.25) is 5.95 Å². The molecule has 0 aromatic carbocycles. The van der Waals surface area contributed by atoms with Crippen molar-refractivity contribution in [3.8, 4) is 0 Å². The number of aryl methyl sites for hydroxylation is 1. The number of rotatable bonds is 4. The van der Waals surface area contributed by atoms with Crippen LogP contribution >= 0.6 is 0 Å². The van der Waals surface area contributed by atoms with E-state index in [0.717, 1.165) is 37.6 Å². The third-order valence-corrected chi connectivity index (χ3v) is 3.36. The molecule has 0 fully saturated rings. The summed E-state index contributed by atoms with van der Waals surface area (Å²) in [7, 11) is 4.00. The molecule has 4 nitrogen and oxygen atoms in total. The maximum atomic E-state index is 4.72. The minimum absolute atomic E-state index is 0.828. The van der Waals surface area contributed by atoms with E-state index in [9.17, 15) is 0 Å². The number of nitrogens with zero attached hydrogens (tertiary/aromatic N) is 3. The lowest BCUT2D eigenvalue weighted by Crippen LogP contribution is -2.17. The van der Waals surface area contributed by atoms with E-state index >= 15 is 0 Å². The quantitative estimate of drug-likeness (QED) is 0.832. The molecule has 100 valence electrons. The van der Waals surface area contributed by atoms with E-state index < -0.39 is 0 Å². The fourth-order valence-electron chi connectivity index (χ4n) is 2.35. The fraction of sp³-hybridized carbons (Fsp3) is 0.714. The van der Waals surface area contributed by atoms with Gasteiger partial charge in [0.05, 0.1) is 5.69 Å². The van der Waals surface area contributed by atoms with E-state index in [1.54, 1.807) is 0 Å². The van der Waals surface area contributed by atoms with Crippen LogP contribution < -0.4 is 10.2 Å². The molecule has 1 heterocycles. The highest BCUT2D eigenvalue weighted by atomic mass is 15.2. The molecule has 0 atom stereocenters. The number of hydrogen-bond acceptors (Lipinski definition) is 4. The first-order valence-electron chi connectivity index (χ1n) is 7.03. The topological polar surface area (TPSA) is 41.1 Å². The van der Waals surface area contributed by atoms with E-state index in [2.05, 4.69) is 17.2 Å². The van der Waals surface area contributed by atoms with Gasteiger partial charge >= 0.3 is 0 Å². The van der Waals surface area contributed by atoms with Crippen LogP contribution in [-0.4, -0.2) is 30.6 Å². The average molecular weight is 248 g/mol. The van der Waals surface area contributed by atoms with Crippen molar-refractivity contribution in [2.24, 2.45) is 0 Å². The summed E-state index contributed by atoms with van der Waals surface area (Å²) in [6, 6.07) is 0. The molecule has 0 unspecified atom stereocenters. The molecule has 0 amide bonds. The highest BCUT2D eigenvalue weighted by Gasteiger charge is 2.17. The Balaban J connectivity index is 2.37. The standard InChI is InChI=1S/C14H24N4/c1-4-10-15-13-11-8-6-5-7-9-12(11)16-14(17-13)18(2)3/h4-10H2,1-3H3,(H,15,16,17). The van der Waals surface area contributed by atoms with Gasteiger partial charge in [-0.2, -0.15) is 4.98 Å². The zero-order valence-electron chi connectivity index (χ0n) is 11.8. The first kappa shape index (κ1) is 13.1. The lowest BCUT2D eigenvalue weighted by Gasteiger charge is -2.17.